The number of nitrogens with zero attached hydrogens (tertiary/aromatic N) is 1. The van der Waals surface area contributed by atoms with Gasteiger partial charge < -0.3 is 15.5 Å². The van der Waals surface area contributed by atoms with Gasteiger partial charge in [-0.25, -0.2) is 0 Å². The highest BCUT2D eigenvalue weighted by Crippen LogP contribution is 2.21. The summed E-state index contributed by atoms with van der Waals surface area (Å²) in [5.41, 5.74) is 2.80. The summed E-state index contributed by atoms with van der Waals surface area (Å²) in [4.78, 5) is 10.2. The van der Waals surface area contributed by atoms with Gasteiger partial charge in [0.05, 0.1) is 23.7 Å². The van der Waals surface area contributed by atoms with Crippen LogP contribution in [0.4, 0.5) is 5.69 Å². The molecule has 25 heavy (non-hydrogen) atoms. The number of rotatable bonds is 8. The molecule has 6 nitrogen and oxygen atoms in total. The minimum atomic E-state index is -0.958. The Bertz CT molecular complexity index is 684. The van der Waals surface area contributed by atoms with Crippen LogP contribution in [-0.4, -0.2) is 27.8 Å². The summed E-state index contributed by atoms with van der Waals surface area (Å²) in [6, 6.07) is 13.3. The summed E-state index contributed by atoms with van der Waals surface area (Å²) in [6.07, 6.45) is -0.958. The zero-order valence-corrected chi connectivity index (χ0v) is 14.4. The summed E-state index contributed by atoms with van der Waals surface area (Å²) in [5.74, 6) is 0.469. The molecule has 2 atom stereocenters. The molecule has 0 aliphatic heterocycles. The molecule has 0 saturated heterocycles. The van der Waals surface area contributed by atoms with Gasteiger partial charge in [0.25, 0.3) is 5.69 Å². The maximum atomic E-state index is 10.7. The lowest BCUT2D eigenvalue weighted by Gasteiger charge is -2.23. The summed E-state index contributed by atoms with van der Waals surface area (Å²) in [5, 5.41) is 33.8. The minimum absolute atomic E-state index is 0.0327. The number of non-ortho nitro benzene ring substituents is 1. The first-order valence-corrected chi connectivity index (χ1v) is 8.28. The van der Waals surface area contributed by atoms with Crippen molar-refractivity contribution in [1.29, 1.82) is 0 Å². The first-order valence-electron chi connectivity index (χ1n) is 8.28. The van der Waals surface area contributed by atoms with Crippen molar-refractivity contribution in [3.8, 4) is 0 Å². The molecule has 0 heterocycles. The maximum Gasteiger partial charge on any atom is 0.269 e. The maximum absolute atomic E-state index is 10.7. The van der Waals surface area contributed by atoms with Crippen molar-refractivity contribution in [1.82, 2.24) is 5.32 Å². The van der Waals surface area contributed by atoms with E-state index >= 15 is 0 Å². The number of hydrogen-bond donors (Lipinski definition) is 3. The Labute approximate surface area is 147 Å². The van der Waals surface area contributed by atoms with Crippen LogP contribution in [0.3, 0.4) is 0 Å². The summed E-state index contributed by atoms with van der Waals surface area (Å²) in [7, 11) is 0. The Morgan fingerprint density at radius 1 is 1.04 bits per heavy atom. The van der Waals surface area contributed by atoms with Crippen LogP contribution in [-0.2, 0) is 6.54 Å². The first kappa shape index (κ1) is 19.1. The number of hydrogen-bond acceptors (Lipinski definition) is 5. The monoisotopic (exact) mass is 344 g/mol. The van der Waals surface area contributed by atoms with Crippen molar-refractivity contribution in [2.45, 2.75) is 38.5 Å². The Kier molecular flexibility index (Phi) is 6.64. The molecule has 0 amide bonds. The molecule has 2 unspecified atom stereocenters. The van der Waals surface area contributed by atoms with Gasteiger partial charge in [0.15, 0.2) is 0 Å². The second kappa shape index (κ2) is 8.71. The van der Waals surface area contributed by atoms with Crippen LogP contribution in [0.15, 0.2) is 48.5 Å². The molecule has 0 spiro atoms. The van der Waals surface area contributed by atoms with Crippen LogP contribution in [0.5, 0.6) is 0 Å². The van der Waals surface area contributed by atoms with E-state index in [-0.39, 0.29) is 12.3 Å². The third-order valence-electron chi connectivity index (χ3n) is 4.24. The van der Waals surface area contributed by atoms with Crippen LogP contribution >= 0.6 is 0 Å². The molecule has 2 aromatic carbocycles. The smallest absolute Gasteiger partial charge is 0.269 e. The fourth-order valence-corrected chi connectivity index (χ4v) is 2.57. The van der Waals surface area contributed by atoms with Gasteiger partial charge in [-0.1, -0.05) is 38.1 Å². The van der Waals surface area contributed by atoms with Gasteiger partial charge in [-0.15, -0.1) is 0 Å². The van der Waals surface area contributed by atoms with E-state index in [2.05, 4.69) is 31.3 Å². The molecule has 0 bridgehead atoms. The number of aliphatic hydroxyl groups excluding tert-OH is 2. The van der Waals surface area contributed by atoms with E-state index in [1.807, 2.05) is 12.1 Å². The predicted molar refractivity (Wildman–Crippen MR) is 96.3 cm³/mol. The molecule has 0 saturated carbocycles. The number of benzene rings is 2. The van der Waals surface area contributed by atoms with E-state index in [9.17, 15) is 20.3 Å². The van der Waals surface area contributed by atoms with Crippen molar-refractivity contribution in [2.24, 2.45) is 0 Å². The number of nitro groups is 1. The second-order valence-electron chi connectivity index (χ2n) is 6.36. The normalized spacial score (nSPS) is 13.6. The van der Waals surface area contributed by atoms with E-state index in [4.69, 9.17) is 0 Å². The van der Waals surface area contributed by atoms with Gasteiger partial charge >= 0.3 is 0 Å². The summed E-state index contributed by atoms with van der Waals surface area (Å²) < 4.78 is 0. The van der Waals surface area contributed by atoms with Crippen LogP contribution in [0.25, 0.3) is 0 Å². The molecule has 6 heteroatoms. The zero-order chi connectivity index (χ0) is 18.4. The van der Waals surface area contributed by atoms with Gasteiger partial charge in [0.2, 0.25) is 0 Å². The van der Waals surface area contributed by atoms with Crippen molar-refractivity contribution >= 4 is 5.69 Å². The van der Waals surface area contributed by atoms with Crippen LogP contribution in [0, 0.1) is 10.1 Å². The summed E-state index contributed by atoms with van der Waals surface area (Å²) >= 11 is 0. The average Bonchev–Trinajstić information content (AvgIpc) is 2.62. The van der Waals surface area contributed by atoms with Gasteiger partial charge in [0.1, 0.15) is 0 Å². The lowest BCUT2D eigenvalue weighted by atomic mass is 10.0. The topological polar surface area (TPSA) is 95.6 Å². The Morgan fingerprint density at radius 2 is 1.60 bits per heavy atom. The lowest BCUT2D eigenvalue weighted by Crippen LogP contribution is -2.37. The van der Waals surface area contributed by atoms with E-state index in [1.165, 1.54) is 29.8 Å². The van der Waals surface area contributed by atoms with Crippen molar-refractivity contribution in [3.63, 3.8) is 0 Å². The second-order valence-corrected chi connectivity index (χ2v) is 6.36. The molecule has 0 aliphatic carbocycles. The zero-order valence-electron chi connectivity index (χ0n) is 14.4. The third-order valence-corrected chi connectivity index (χ3v) is 4.24. The minimum Gasteiger partial charge on any atom is -0.395 e. The Hall–Kier alpha value is -2.28. The Morgan fingerprint density at radius 3 is 2.08 bits per heavy atom. The van der Waals surface area contributed by atoms with Gasteiger partial charge in [-0.2, -0.15) is 0 Å². The molecule has 3 N–H and O–H groups in total. The van der Waals surface area contributed by atoms with Crippen molar-refractivity contribution in [2.75, 3.05) is 6.61 Å². The summed E-state index contributed by atoms with van der Waals surface area (Å²) in [6.45, 7) is 4.53. The van der Waals surface area contributed by atoms with Gasteiger partial charge in [0, 0.05) is 18.7 Å². The van der Waals surface area contributed by atoms with Gasteiger partial charge in [-0.05, 0) is 34.7 Å². The number of aliphatic hydroxyl groups is 2. The van der Waals surface area contributed by atoms with E-state index < -0.39 is 17.1 Å². The third kappa shape index (κ3) is 5.09. The highest BCUT2D eigenvalue weighted by molar-refractivity contribution is 5.34. The Balaban J connectivity index is 1.99. The molecule has 0 aliphatic rings. The highest BCUT2D eigenvalue weighted by Gasteiger charge is 2.20. The number of nitro benzene ring substituents is 1. The van der Waals surface area contributed by atoms with E-state index in [0.29, 0.717) is 18.0 Å². The molecule has 0 aromatic heterocycles. The van der Waals surface area contributed by atoms with Crippen molar-refractivity contribution < 1.29 is 15.1 Å². The molecule has 134 valence electrons. The predicted octanol–water partition coefficient (Wildman–Crippen LogP) is 2.90. The van der Waals surface area contributed by atoms with E-state index in [1.54, 1.807) is 0 Å². The molecule has 2 aromatic rings. The molecular weight excluding hydrogens is 320 g/mol. The van der Waals surface area contributed by atoms with E-state index in [0.717, 1.165) is 5.56 Å². The quantitative estimate of drug-likeness (QED) is 0.505. The molecule has 0 fully saturated rings. The largest absolute Gasteiger partial charge is 0.395 e. The van der Waals surface area contributed by atoms with Crippen LogP contribution < -0.4 is 5.32 Å². The molecule has 2 rings (SSSR count). The standard InChI is InChI=1S/C19H24N2O4/c1-13(2)15-5-3-14(4-6-15)11-20-18(12-22)19(23)16-7-9-17(10-8-16)21(24)25/h3-10,13,18-20,22-23H,11-12H2,1-2H3. The van der Waals surface area contributed by atoms with Crippen LogP contribution in [0.1, 0.15) is 42.6 Å². The SMILES string of the molecule is CC(C)c1ccc(CNC(CO)C(O)c2ccc([N+](=O)[O-])cc2)cc1. The van der Waals surface area contributed by atoms with Crippen LogP contribution in [0.2, 0.25) is 0 Å². The number of nitrogens with one attached hydrogen (secondary N) is 1. The lowest BCUT2D eigenvalue weighted by molar-refractivity contribution is -0.384. The average molecular weight is 344 g/mol. The molecular formula is C19H24N2O4. The fraction of sp³-hybridized carbons (Fsp3) is 0.368. The highest BCUT2D eigenvalue weighted by atomic mass is 16.6. The van der Waals surface area contributed by atoms with Crippen molar-refractivity contribution in [3.05, 3.63) is 75.3 Å². The molecule has 0 radical (unpaired) electrons. The first-order chi connectivity index (χ1) is 11.9. The van der Waals surface area contributed by atoms with Gasteiger partial charge in [-0.3, -0.25) is 10.1 Å². The fourth-order valence-electron chi connectivity index (χ4n) is 2.57.